The van der Waals surface area contributed by atoms with E-state index in [2.05, 4.69) is 20.8 Å². The van der Waals surface area contributed by atoms with Gasteiger partial charge in [0, 0.05) is 20.2 Å². The van der Waals surface area contributed by atoms with Crippen molar-refractivity contribution < 1.29 is 9.53 Å². The Bertz CT molecular complexity index is 423. The summed E-state index contributed by atoms with van der Waals surface area (Å²) >= 11 is 0. The van der Waals surface area contributed by atoms with Gasteiger partial charge in [0.2, 0.25) is 0 Å². The van der Waals surface area contributed by atoms with Crippen LogP contribution in [0.25, 0.3) is 0 Å². The molecule has 0 aliphatic heterocycles. The fraction of sp³-hybridized carbons (Fsp3) is 0.615. The Kier molecular flexibility index (Phi) is 4.31. The number of ether oxygens (including phenoxy) is 1. The van der Waals surface area contributed by atoms with E-state index in [9.17, 15) is 4.79 Å². The molecule has 2 N–H and O–H groups in total. The molecule has 1 amide bonds. The lowest BCUT2D eigenvalue weighted by molar-refractivity contribution is -0.0679. The second kappa shape index (κ2) is 5.97. The molecule has 0 saturated heterocycles. The molecule has 1 aromatic heterocycles. The van der Waals surface area contributed by atoms with Crippen LogP contribution in [0.3, 0.4) is 0 Å². The first-order valence-electron chi connectivity index (χ1n) is 6.60. The van der Waals surface area contributed by atoms with Crippen molar-refractivity contribution in [3.8, 4) is 0 Å². The van der Waals surface area contributed by atoms with Crippen LogP contribution in [0.15, 0.2) is 12.1 Å². The van der Waals surface area contributed by atoms with Gasteiger partial charge in [-0.25, -0.2) is 0 Å². The zero-order chi connectivity index (χ0) is 13.7. The number of hydrogen-bond acceptors (Lipinski definition) is 5. The average Bonchev–Trinajstić information content (AvgIpc) is 2.39. The number of amides is 1. The normalized spacial score (nSPS) is 16.5. The third-order valence-electron chi connectivity index (χ3n) is 3.52. The Balaban J connectivity index is 1.89. The third kappa shape index (κ3) is 3.20. The largest absolute Gasteiger partial charge is 0.376 e. The highest BCUT2D eigenvalue weighted by Crippen LogP contribution is 2.34. The van der Waals surface area contributed by atoms with E-state index in [-0.39, 0.29) is 11.5 Å². The van der Waals surface area contributed by atoms with Crippen LogP contribution in [0.4, 0.5) is 5.82 Å². The monoisotopic (exact) mass is 264 g/mol. The van der Waals surface area contributed by atoms with Gasteiger partial charge in [-0.15, -0.1) is 10.2 Å². The molecular formula is C13H20N4O2. The molecule has 0 unspecified atom stereocenters. The molecule has 0 radical (unpaired) electrons. The summed E-state index contributed by atoms with van der Waals surface area (Å²) in [5.41, 5.74) is 0.152. The van der Waals surface area contributed by atoms with Crippen molar-refractivity contribution in [2.24, 2.45) is 0 Å². The summed E-state index contributed by atoms with van der Waals surface area (Å²) in [7, 11) is 1.69. The Labute approximate surface area is 112 Å². The molecule has 1 heterocycles. The highest BCUT2D eigenvalue weighted by atomic mass is 16.5. The molecule has 1 aliphatic carbocycles. The van der Waals surface area contributed by atoms with Crippen molar-refractivity contribution in [1.82, 2.24) is 15.5 Å². The summed E-state index contributed by atoms with van der Waals surface area (Å²) in [4.78, 5) is 11.9. The molecule has 1 aromatic rings. The van der Waals surface area contributed by atoms with Crippen LogP contribution in [-0.2, 0) is 4.74 Å². The minimum atomic E-state index is -0.209. The molecule has 6 nitrogen and oxygen atoms in total. The first-order valence-corrected chi connectivity index (χ1v) is 6.60. The number of rotatable bonds is 6. The topological polar surface area (TPSA) is 76.1 Å². The molecule has 6 heteroatoms. The standard InChI is InChI=1S/C13H20N4O2/c1-3-14-11-6-5-10(16-17-11)12(18)15-9-13(19-2)7-4-8-13/h5-6H,3-4,7-9H2,1-2H3,(H,14,17)(H,15,18). The minimum absolute atomic E-state index is 0.174. The number of nitrogens with zero attached hydrogens (tertiary/aromatic N) is 2. The van der Waals surface area contributed by atoms with Crippen LogP contribution in [0.5, 0.6) is 0 Å². The van der Waals surface area contributed by atoms with Crippen molar-refractivity contribution in [2.45, 2.75) is 31.8 Å². The van der Waals surface area contributed by atoms with Gasteiger partial charge in [0.05, 0.1) is 5.60 Å². The maximum absolute atomic E-state index is 11.9. The smallest absolute Gasteiger partial charge is 0.271 e. The molecule has 1 fully saturated rings. The van der Waals surface area contributed by atoms with Crippen LogP contribution in [-0.4, -0.2) is 41.9 Å². The van der Waals surface area contributed by atoms with E-state index in [0.717, 1.165) is 25.8 Å². The predicted molar refractivity (Wildman–Crippen MR) is 72.1 cm³/mol. The van der Waals surface area contributed by atoms with Gasteiger partial charge in [0.1, 0.15) is 5.82 Å². The van der Waals surface area contributed by atoms with Gasteiger partial charge in [-0.05, 0) is 38.3 Å². The number of nitrogens with one attached hydrogen (secondary N) is 2. The molecule has 1 aliphatic rings. The van der Waals surface area contributed by atoms with Gasteiger partial charge in [0.25, 0.3) is 5.91 Å². The number of carbonyl (C=O) groups is 1. The minimum Gasteiger partial charge on any atom is -0.376 e. The molecular weight excluding hydrogens is 244 g/mol. The highest BCUT2D eigenvalue weighted by molar-refractivity contribution is 5.92. The van der Waals surface area contributed by atoms with Gasteiger partial charge < -0.3 is 15.4 Å². The van der Waals surface area contributed by atoms with E-state index in [0.29, 0.717) is 18.1 Å². The van der Waals surface area contributed by atoms with Gasteiger partial charge in [-0.3, -0.25) is 4.79 Å². The average molecular weight is 264 g/mol. The Hall–Kier alpha value is -1.69. The zero-order valence-corrected chi connectivity index (χ0v) is 11.4. The first kappa shape index (κ1) is 13.7. The molecule has 2 rings (SSSR count). The lowest BCUT2D eigenvalue weighted by atomic mass is 9.80. The van der Waals surface area contributed by atoms with Crippen molar-refractivity contribution >= 4 is 11.7 Å². The summed E-state index contributed by atoms with van der Waals surface area (Å²) < 4.78 is 5.45. The summed E-state index contributed by atoms with van der Waals surface area (Å²) in [6.07, 6.45) is 3.14. The number of anilines is 1. The summed E-state index contributed by atoms with van der Waals surface area (Å²) in [5, 5.41) is 13.7. The zero-order valence-electron chi connectivity index (χ0n) is 11.4. The van der Waals surface area contributed by atoms with Crippen molar-refractivity contribution in [3.05, 3.63) is 17.8 Å². The maximum atomic E-state index is 11.9. The molecule has 0 atom stereocenters. The Morgan fingerprint density at radius 3 is 2.68 bits per heavy atom. The fourth-order valence-electron chi connectivity index (χ4n) is 2.08. The van der Waals surface area contributed by atoms with E-state index in [4.69, 9.17) is 4.74 Å². The number of methoxy groups -OCH3 is 1. The number of carbonyl (C=O) groups excluding carboxylic acids is 1. The Morgan fingerprint density at radius 1 is 1.42 bits per heavy atom. The van der Waals surface area contributed by atoms with Gasteiger partial charge in [-0.2, -0.15) is 0 Å². The van der Waals surface area contributed by atoms with Crippen LogP contribution in [0.2, 0.25) is 0 Å². The van der Waals surface area contributed by atoms with E-state index >= 15 is 0 Å². The van der Waals surface area contributed by atoms with Crippen LogP contribution in [0.1, 0.15) is 36.7 Å². The summed E-state index contributed by atoms with van der Waals surface area (Å²) in [5.74, 6) is 0.463. The van der Waals surface area contributed by atoms with Crippen LogP contribution < -0.4 is 10.6 Å². The van der Waals surface area contributed by atoms with E-state index in [1.165, 1.54) is 0 Å². The van der Waals surface area contributed by atoms with Crippen molar-refractivity contribution in [2.75, 3.05) is 25.5 Å². The van der Waals surface area contributed by atoms with Crippen LogP contribution >= 0.6 is 0 Å². The molecule has 0 spiro atoms. The van der Waals surface area contributed by atoms with E-state index in [1.54, 1.807) is 19.2 Å². The summed E-state index contributed by atoms with van der Waals surface area (Å²) in [6, 6.07) is 3.42. The molecule has 0 bridgehead atoms. The predicted octanol–water partition coefficient (Wildman–Crippen LogP) is 1.21. The number of hydrogen-bond donors (Lipinski definition) is 2. The van der Waals surface area contributed by atoms with E-state index < -0.39 is 0 Å². The van der Waals surface area contributed by atoms with E-state index in [1.807, 2.05) is 6.92 Å². The quantitative estimate of drug-likeness (QED) is 0.807. The molecule has 0 aromatic carbocycles. The molecule has 104 valence electrons. The SMILES string of the molecule is CCNc1ccc(C(=O)NCC2(OC)CCC2)nn1. The second-order valence-electron chi connectivity index (χ2n) is 4.76. The fourth-order valence-corrected chi connectivity index (χ4v) is 2.08. The number of aromatic nitrogens is 2. The lowest BCUT2D eigenvalue weighted by Crippen LogP contribution is -2.49. The third-order valence-corrected chi connectivity index (χ3v) is 3.52. The second-order valence-corrected chi connectivity index (χ2v) is 4.76. The lowest BCUT2D eigenvalue weighted by Gasteiger charge is -2.40. The van der Waals surface area contributed by atoms with Gasteiger partial charge in [0.15, 0.2) is 5.69 Å². The van der Waals surface area contributed by atoms with Crippen molar-refractivity contribution in [3.63, 3.8) is 0 Å². The molecule has 1 saturated carbocycles. The maximum Gasteiger partial charge on any atom is 0.271 e. The molecule has 19 heavy (non-hydrogen) atoms. The first-order chi connectivity index (χ1) is 9.19. The van der Waals surface area contributed by atoms with Gasteiger partial charge >= 0.3 is 0 Å². The highest BCUT2D eigenvalue weighted by Gasteiger charge is 2.37. The Morgan fingerprint density at radius 2 is 2.21 bits per heavy atom. The van der Waals surface area contributed by atoms with Crippen LogP contribution in [0, 0.1) is 0 Å². The van der Waals surface area contributed by atoms with Crippen molar-refractivity contribution in [1.29, 1.82) is 0 Å². The van der Waals surface area contributed by atoms with Gasteiger partial charge in [-0.1, -0.05) is 0 Å². The summed E-state index contributed by atoms with van der Waals surface area (Å²) in [6.45, 7) is 3.28.